The summed E-state index contributed by atoms with van der Waals surface area (Å²) >= 11 is 0. The number of nitrogens with one attached hydrogen (secondary N) is 1. The van der Waals surface area contributed by atoms with Crippen LogP contribution in [0.4, 0.5) is 5.69 Å². The third-order valence-corrected chi connectivity index (χ3v) is 5.33. The van der Waals surface area contributed by atoms with Crippen LogP contribution in [0, 0.1) is 5.92 Å². The maximum atomic E-state index is 12.9. The van der Waals surface area contributed by atoms with E-state index in [1.54, 1.807) is 6.92 Å². The number of benzene rings is 1. The highest BCUT2D eigenvalue weighted by atomic mass is 16.6. The second-order valence-electron chi connectivity index (χ2n) is 7.07. The quantitative estimate of drug-likeness (QED) is 0.853. The van der Waals surface area contributed by atoms with E-state index in [0.717, 1.165) is 37.8 Å². The molecule has 0 radical (unpaired) electrons. The molecule has 2 aliphatic rings. The molecule has 1 fully saturated rings. The zero-order valence-corrected chi connectivity index (χ0v) is 14.6. The SMILES string of the molecule is CCc1cccc(NC(=O)C2=C(C)C(=O)OC23CCC(C)CC3)c1. The number of amides is 1. The van der Waals surface area contributed by atoms with E-state index in [1.807, 2.05) is 24.3 Å². The van der Waals surface area contributed by atoms with Crippen LogP contribution in [-0.4, -0.2) is 17.5 Å². The van der Waals surface area contributed by atoms with Gasteiger partial charge in [0, 0.05) is 11.3 Å². The standard InChI is InChI=1S/C20H25NO3/c1-4-15-6-5-7-16(12-15)21-18(22)17-14(3)19(23)24-20(17)10-8-13(2)9-11-20/h5-7,12-13H,4,8-11H2,1-3H3,(H,21,22). The van der Waals surface area contributed by atoms with Gasteiger partial charge in [-0.25, -0.2) is 4.79 Å². The van der Waals surface area contributed by atoms with Gasteiger partial charge in [0.1, 0.15) is 5.60 Å². The van der Waals surface area contributed by atoms with Gasteiger partial charge in [0.25, 0.3) is 5.91 Å². The topological polar surface area (TPSA) is 55.4 Å². The summed E-state index contributed by atoms with van der Waals surface area (Å²) in [6.07, 6.45) is 4.32. The minimum atomic E-state index is -0.722. The van der Waals surface area contributed by atoms with Gasteiger partial charge in [-0.15, -0.1) is 0 Å². The van der Waals surface area contributed by atoms with Gasteiger partial charge in [0.15, 0.2) is 0 Å². The predicted octanol–water partition coefficient (Wildman–Crippen LogP) is 4.01. The minimum absolute atomic E-state index is 0.207. The molecule has 4 nitrogen and oxygen atoms in total. The second kappa shape index (κ2) is 6.42. The Labute approximate surface area is 143 Å². The van der Waals surface area contributed by atoms with Gasteiger partial charge < -0.3 is 10.1 Å². The number of carbonyl (C=O) groups excluding carboxylic acids is 2. The molecule has 1 spiro atoms. The van der Waals surface area contributed by atoms with E-state index in [1.165, 1.54) is 5.56 Å². The van der Waals surface area contributed by atoms with Crippen molar-refractivity contribution in [2.75, 3.05) is 5.32 Å². The summed E-state index contributed by atoms with van der Waals surface area (Å²) in [4.78, 5) is 25.1. The second-order valence-corrected chi connectivity index (χ2v) is 7.07. The monoisotopic (exact) mass is 327 g/mol. The van der Waals surface area contributed by atoms with Crippen LogP contribution in [0.2, 0.25) is 0 Å². The molecule has 0 bridgehead atoms. The molecule has 3 rings (SSSR count). The Bertz CT molecular complexity index is 697. The number of hydrogen-bond donors (Lipinski definition) is 1. The molecule has 1 saturated carbocycles. The summed E-state index contributed by atoms with van der Waals surface area (Å²) in [5.41, 5.74) is 2.19. The zero-order valence-electron chi connectivity index (χ0n) is 14.6. The Morgan fingerprint density at radius 1 is 1.33 bits per heavy atom. The zero-order chi connectivity index (χ0) is 17.3. The van der Waals surface area contributed by atoms with Crippen LogP contribution < -0.4 is 5.32 Å². The maximum absolute atomic E-state index is 12.9. The molecule has 1 aliphatic carbocycles. The van der Waals surface area contributed by atoms with E-state index in [0.29, 0.717) is 17.1 Å². The van der Waals surface area contributed by atoms with Gasteiger partial charge in [0.05, 0.1) is 5.57 Å². The number of carbonyl (C=O) groups is 2. The molecule has 0 unspecified atom stereocenters. The minimum Gasteiger partial charge on any atom is -0.451 e. The molecular formula is C20H25NO3. The Balaban J connectivity index is 1.87. The molecular weight excluding hydrogens is 302 g/mol. The van der Waals surface area contributed by atoms with E-state index in [-0.39, 0.29) is 11.9 Å². The van der Waals surface area contributed by atoms with Crippen molar-refractivity contribution in [2.24, 2.45) is 5.92 Å². The summed E-state index contributed by atoms with van der Waals surface area (Å²) < 4.78 is 5.69. The van der Waals surface area contributed by atoms with E-state index in [9.17, 15) is 9.59 Å². The van der Waals surface area contributed by atoms with E-state index in [2.05, 4.69) is 19.2 Å². The third kappa shape index (κ3) is 2.97. The van der Waals surface area contributed by atoms with Gasteiger partial charge in [-0.1, -0.05) is 26.0 Å². The Morgan fingerprint density at radius 2 is 2.04 bits per heavy atom. The van der Waals surface area contributed by atoms with Gasteiger partial charge in [0.2, 0.25) is 0 Å². The van der Waals surface area contributed by atoms with Crippen molar-refractivity contribution < 1.29 is 14.3 Å². The molecule has 1 N–H and O–H groups in total. The fourth-order valence-corrected chi connectivity index (χ4v) is 3.77. The van der Waals surface area contributed by atoms with Crippen LogP contribution in [0.15, 0.2) is 35.4 Å². The molecule has 1 heterocycles. The Hall–Kier alpha value is -2.10. The van der Waals surface area contributed by atoms with Crippen LogP contribution in [0.5, 0.6) is 0 Å². The van der Waals surface area contributed by atoms with Gasteiger partial charge in [-0.05, 0) is 62.6 Å². The molecule has 1 amide bonds. The van der Waals surface area contributed by atoms with Gasteiger partial charge in [-0.3, -0.25) is 4.79 Å². The lowest BCUT2D eigenvalue weighted by molar-refractivity contribution is -0.150. The van der Waals surface area contributed by atoms with Crippen molar-refractivity contribution in [1.29, 1.82) is 0 Å². The van der Waals surface area contributed by atoms with E-state index >= 15 is 0 Å². The van der Waals surface area contributed by atoms with Crippen molar-refractivity contribution in [1.82, 2.24) is 0 Å². The molecule has 0 aromatic heterocycles. The van der Waals surface area contributed by atoms with Crippen molar-refractivity contribution >= 4 is 17.6 Å². The maximum Gasteiger partial charge on any atom is 0.335 e. The fraction of sp³-hybridized carbons (Fsp3) is 0.500. The van der Waals surface area contributed by atoms with Crippen LogP contribution in [0.3, 0.4) is 0 Å². The lowest BCUT2D eigenvalue weighted by atomic mass is 9.75. The number of hydrogen-bond acceptors (Lipinski definition) is 3. The highest BCUT2D eigenvalue weighted by Gasteiger charge is 2.50. The highest BCUT2D eigenvalue weighted by molar-refractivity contribution is 6.12. The number of anilines is 1. The fourth-order valence-electron chi connectivity index (χ4n) is 3.77. The highest BCUT2D eigenvalue weighted by Crippen LogP contribution is 2.45. The van der Waals surface area contributed by atoms with E-state index in [4.69, 9.17) is 4.74 Å². The Kier molecular flexibility index (Phi) is 4.48. The van der Waals surface area contributed by atoms with Crippen LogP contribution in [0.1, 0.15) is 52.0 Å². The van der Waals surface area contributed by atoms with Gasteiger partial charge in [-0.2, -0.15) is 0 Å². The predicted molar refractivity (Wildman–Crippen MR) is 93.6 cm³/mol. The third-order valence-electron chi connectivity index (χ3n) is 5.33. The van der Waals surface area contributed by atoms with Crippen LogP contribution in [-0.2, 0) is 20.7 Å². The first-order valence-corrected chi connectivity index (χ1v) is 8.80. The molecule has 4 heteroatoms. The summed E-state index contributed by atoms with van der Waals surface area (Å²) in [5, 5.41) is 2.96. The number of aryl methyl sites for hydroxylation is 1. The Morgan fingerprint density at radius 3 is 2.71 bits per heavy atom. The molecule has 24 heavy (non-hydrogen) atoms. The molecule has 0 saturated heterocycles. The molecule has 1 aromatic carbocycles. The summed E-state index contributed by atoms with van der Waals surface area (Å²) in [7, 11) is 0. The van der Waals surface area contributed by atoms with Crippen molar-refractivity contribution in [3.05, 3.63) is 41.0 Å². The molecule has 128 valence electrons. The largest absolute Gasteiger partial charge is 0.451 e. The normalized spacial score (nSPS) is 26.6. The first-order valence-electron chi connectivity index (χ1n) is 8.80. The lowest BCUT2D eigenvalue weighted by Crippen LogP contribution is -2.40. The molecule has 0 atom stereocenters. The van der Waals surface area contributed by atoms with Crippen molar-refractivity contribution in [2.45, 2.75) is 58.5 Å². The average molecular weight is 327 g/mol. The number of esters is 1. The summed E-state index contributed by atoms with van der Waals surface area (Å²) in [6.45, 7) is 5.98. The summed E-state index contributed by atoms with van der Waals surface area (Å²) in [6, 6.07) is 7.82. The summed E-state index contributed by atoms with van der Waals surface area (Å²) in [5.74, 6) is 0.0546. The molecule has 1 aromatic rings. The van der Waals surface area contributed by atoms with E-state index < -0.39 is 5.60 Å². The first kappa shape index (κ1) is 16.7. The van der Waals surface area contributed by atoms with Crippen LogP contribution in [0.25, 0.3) is 0 Å². The van der Waals surface area contributed by atoms with Gasteiger partial charge >= 0.3 is 5.97 Å². The molecule has 1 aliphatic heterocycles. The number of rotatable bonds is 3. The van der Waals surface area contributed by atoms with Crippen molar-refractivity contribution in [3.63, 3.8) is 0 Å². The lowest BCUT2D eigenvalue weighted by Gasteiger charge is -2.36. The number of ether oxygens (including phenoxy) is 1. The van der Waals surface area contributed by atoms with Crippen LogP contribution >= 0.6 is 0 Å². The first-order chi connectivity index (χ1) is 11.4. The smallest absolute Gasteiger partial charge is 0.335 e. The van der Waals surface area contributed by atoms with Crippen molar-refractivity contribution in [3.8, 4) is 0 Å². The average Bonchev–Trinajstić information content (AvgIpc) is 2.81.